The van der Waals surface area contributed by atoms with E-state index < -0.39 is 5.97 Å². The maximum absolute atomic E-state index is 12.1. The Balaban J connectivity index is 2.20. The summed E-state index contributed by atoms with van der Waals surface area (Å²) in [5, 5.41) is 9.16. The number of nitrogens with one attached hydrogen (secondary N) is 1. The molecular weight excluding hydrogens is 264 g/mol. The first kappa shape index (κ1) is 12.3. The molecule has 0 saturated carbocycles. The molecule has 2 aromatic rings. The molecule has 5 nitrogen and oxygen atoms in total. The number of aromatic nitrogens is 2. The first-order chi connectivity index (χ1) is 9.18. The van der Waals surface area contributed by atoms with Crippen molar-refractivity contribution >= 4 is 28.8 Å². The van der Waals surface area contributed by atoms with Crippen LogP contribution in [-0.2, 0) is 0 Å². The molecule has 1 saturated heterocycles. The fourth-order valence-electron chi connectivity index (χ4n) is 2.62. The molecule has 1 aliphatic rings. The highest BCUT2D eigenvalue weighted by molar-refractivity contribution is 7.99. The maximum Gasteiger partial charge on any atom is 0.337 e. The van der Waals surface area contributed by atoms with Gasteiger partial charge in [0.25, 0.3) is 0 Å². The molecule has 0 amide bonds. The number of benzene rings is 1. The molecule has 1 unspecified atom stereocenters. The number of H-pyrrole nitrogens is 1. The lowest BCUT2D eigenvalue weighted by Crippen LogP contribution is -2.25. The average molecular weight is 278 g/mol. The van der Waals surface area contributed by atoms with Crippen molar-refractivity contribution in [3.63, 3.8) is 0 Å². The van der Waals surface area contributed by atoms with Gasteiger partial charge in [-0.15, -0.1) is 0 Å². The van der Waals surface area contributed by atoms with Gasteiger partial charge in [0.15, 0.2) is 0 Å². The largest absolute Gasteiger partial charge is 0.478 e. The van der Waals surface area contributed by atoms with Gasteiger partial charge < -0.3 is 10.1 Å². The van der Waals surface area contributed by atoms with Crippen LogP contribution < -0.4 is 5.69 Å². The third kappa shape index (κ3) is 2.06. The summed E-state index contributed by atoms with van der Waals surface area (Å²) in [5.74, 6) is 1.02. The molecule has 1 atom stereocenters. The normalized spacial score (nSPS) is 19.7. The minimum absolute atomic E-state index is 0.150. The Morgan fingerprint density at radius 3 is 3.00 bits per heavy atom. The second-order valence-electron chi connectivity index (χ2n) is 4.68. The van der Waals surface area contributed by atoms with Crippen LogP contribution in [-0.4, -0.2) is 32.1 Å². The Bertz CT molecular complexity index is 683. The van der Waals surface area contributed by atoms with Gasteiger partial charge in [0.05, 0.1) is 16.6 Å². The summed E-state index contributed by atoms with van der Waals surface area (Å²) in [4.78, 5) is 26.0. The smallest absolute Gasteiger partial charge is 0.337 e. The van der Waals surface area contributed by atoms with E-state index in [1.54, 1.807) is 16.7 Å². The number of aromatic amines is 1. The minimum Gasteiger partial charge on any atom is -0.478 e. The van der Waals surface area contributed by atoms with E-state index in [2.05, 4.69) is 4.98 Å². The molecule has 3 rings (SSSR count). The number of hydrogen-bond donors (Lipinski definition) is 2. The lowest BCUT2D eigenvalue weighted by molar-refractivity contribution is 0.0699. The summed E-state index contributed by atoms with van der Waals surface area (Å²) in [6.45, 7) is 0. The van der Waals surface area contributed by atoms with Gasteiger partial charge in [0.2, 0.25) is 0 Å². The zero-order valence-corrected chi connectivity index (χ0v) is 11.1. The van der Waals surface area contributed by atoms with E-state index in [1.165, 1.54) is 6.07 Å². The Hall–Kier alpha value is -1.69. The Labute approximate surface area is 113 Å². The van der Waals surface area contributed by atoms with Gasteiger partial charge in [-0.3, -0.25) is 4.57 Å². The van der Waals surface area contributed by atoms with Crippen molar-refractivity contribution in [2.75, 3.05) is 11.5 Å². The van der Waals surface area contributed by atoms with Crippen molar-refractivity contribution in [3.8, 4) is 0 Å². The minimum atomic E-state index is -1.02. The van der Waals surface area contributed by atoms with Crippen molar-refractivity contribution < 1.29 is 9.90 Å². The molecule has 1 fully saturated rings. The number of carboxylic acid groups (broad SMARTS) is 1. The summed E-state index contributed by atoms with van der Waals surface area (Å²) in [6.07, 6.45) is 2.06. The zero-order valence-electron chi connectivity index (χ0n) is 10.3. The number of nitrogens with zero attached hydrogens (tertiary/aromatic N) is 1. The van der Waals surface area contributed by atoms with Crippen molar-refractivity contribution in [2.24, 2.45) is 0 Å². The highest BCUT2D eigenvalue weighted by Crippen LogP contribution is 2.28. The Morgan fingerprint density at radius 2 is 2.32 bits per heavy atom. The molecule has 19 heavy (non-hydrogen) atoms. The second kappa shape index (κ2) is 4.77. The molecule has 1 aromatic heterocycles. The van der Waals surface area contributed by atoms with Crippen LogP contribution >= 0.6 is 11.8 Å². The van der Waals surface area contributed by atoms with Crippen LogP contribution in [0.1, 0.15) is 29.2 Å². The van der Waals surface area contributed by atoms with E-state index in [9.17, 15) is 9.59 Å². The number of carboxylic acids is 1. The van der Waals surface area contributed by atoms with Crippen LogP contribution in [0.25, 0.3) is 11.0 Å². The van der Waals surface area contributed by atoms with Gasteiger partial charge in [-0.05, 0) is 30.7 Å². The maximum atomic E-state index is 12.1. The molecule has 0 radical (unpaired) electrons. The average Bonchev–Trinajstić information content (AvgIpc) is 2.75. The second-order valence-corrected chi connectivity index (χ2v) is 5.83. The standard InChI is InChI=1S/C13H14N2O3S/c16-12(17)9-4-1-5-10-11(9)14-13(18)15(10)8-3-2-6-19-7-8/h1,4-5,8H,2-3,6-7H2,(H,14,18)(H,16,17). The van der Waals surface area contributed by atoms with Gasteiger partial charge in [-0.1, -0.05) is 6.07 Å². The van der Waals surface area contributed by atoms with Crippen LogP contribution in [0.3, 0.4) is 0 Å². The topological polar surface area (TPSA) is 75.1 Å². The van der Waals surface area contributed by atoms with Crippen LogP contribution in [0.5, 0.6) is 0 Å². The number of imidazole rings is 1. The van der Waals surface area contributed by atoms with Crippen molar-refractivity contribution in [2.45, 2.75) is 18.9 Å². The third-order valence-corrected chi connectivity index (χ3v) is 4.68. The summed E-state index contributed by atoms with van der Waals surface area (Å²) < 4.78 is 1.72. The first-order valence-electron chi connectivity index (χ1n) is 6.23. The van der Waals surface area contributed by atoms with Gasteiger partial charge >= 0.3 is 11.7 Å². The van der Waals surface area contributed by atoms with Gasteiger partial charge in [0, 0.05) is 11.8 Å². The van der Waals surface area contributed by atoms with E-state index in [0.717, 1.165) is 24.3 Å². The van der Waals surface area contributed by atoms with E-state index in [0.29, 0.717) is 11.0 Å². The summed E-state index contributed by atoms with van der Waals surface area (Å²) in [7, 11) is 0. The number of hydrogen-bond acceptors (Lipinski definition) is 3. The van der Waals surface area contributed by atoms with Crippen LogP contribution in [0.4, 0.5) is 0 Å². The zero-order chi connectivity index (χ0) is 13.4. The van der Waals surface area contributed by atoms with Crippen LogP contribution in [0.2, 0.25) is 0 Å². The number of rotatable bonds is 2. The predicted octanol–water partition coefficient (Wildman–Crippen LogP) is 2.10. The van der Waals surface area contributed by atoms with Crippen molar-refractivity contribution in [3.05, 3.63) is 34.2 Å². The summed E-state index contributed by atoms with van der Waals surface area (Å²) in [6, 6.07) is 5.16. The lowest BCUT2D eigenvalue weighted by atomic mass is 10.1. The molecular formula is C13H14N2O3S. The molecule has 2 heterocycles. The van der Waals surface area contributed by atoms with Gasteiger partial charge in [-0.2, -0.15) is 11.8 Å². The molecule has 100 valence electrons. The lowest BCUT2D eigenvalue weighted by Gasteiger charge is -2.22. The monoisotopic (exact) mass is 278 g/mol. The number of fused-ring (bicyclic) bond motifs is 1. The van der Waals surface area contributed by atoms with Crippen LogP contribution in [0, 0.1) is 0 Å². The molecule has 2 N–H and O–H groups in total. The van der Waals surface area contributed by atoms with Crippen molar-refractivity contribution in [1.29, 1.82) is 0 Å². The number of carbonyl (C=O) groups is 1. The summed E-state index contributed by atoms with van der Waals surface area (Å²) >= 11 is 1.84. The van der Waals surface area contributed by atoms with Gasteiger partial charge in [0.1, 0.15) is 0 Å². The van der Waals surface area contributed by atoms with Crippen molar-refractivity contribution in [1.82, 2.24) is 9.55 Å². The van der Waals surface area contributed by atoms with Gasteiger partial charge in [-0.25, -0.2) is 9.59 Å². The molecule has 1 aliphatic heterocycles. The Kier molecular flexibility index (Phi) is 3.10. The number of aromatic carboxylic acids is 1. The fourth-order valence-corrected chi connectivity index (χ4v) is 3.74. The van der Waals surface area contributed by atoms with E-state index in [1.807, 2.05) is 11.8 Å². The molecule has 0 spiro atoms. The third-order valence-electron chi connectivity index (χ3n) is 3.48. The molecule has 6 heteroatoms. The number of para-hydroxylation sites is 1. The quantitative estimate of drug-likeness (QED) is 0.882. The molecule has 0 bridgehead atoms. The Morgan fingerprint density at radius 1 is 1.47 bits per heavy atom. The molecule has 0 aliphatic carbocycles. The highest BCUT2D eigenvalue weighted by Gasteiger charge is 2.22. The highest BCUT2D eigenvalue weighted by atomic mass is 32.2. The van der Waals surface area contributed by atoms with E-state index in [4.69, 9.17) is 5.11 Å². The fraction of sp³-hybridized carbons (Fsp3) is 0.385. The predicted molar refractivity (Wildman–Crippen MR) is 75.1 cm³/mol. The van der Waals surface area contributed by atoms with Crippen LogP contribution in [0.15, 0.2) is 23.0 Å². The summed E-state index contributed by atoms with van der Waals surface area (Å²) in [5.41, 5.74) is 1.06. The van der Waals surface area contributed by atoms with E-state index >= 15 is 0 Å². The molecule has 1 aromatic carbocycles. The first-order valence-corrected chi connectivity index (χ1v) is 7.38. The number of thioether (sulfide) groups is 1. The SMILES string of the molecule is O=C(O)c1cccc2c1[nH]c(=O)n2C1CCCSC1. The van der Waals surface area contributed by atoms with E-state index in [-0.39, 0.29) is 17.3 Å².